The number of ether oxygens (including phenoxy) is 2. The summed E-state index contributed by atoms with van der Waals surface area (Å²) in [5, 5.41) is 12.5. The third kappa shape index (κ3) is 4.35. The van der Waals surface area contributed by atoms with E-state index in [-0.39, 0.29) is 30.9 Å². The molecule has 2 aliphatic rings. The molecule has 0 radical (unpaired) electrons. The molecule has 7 nitrogen and oxygen atoms in total. The van der Waals surface area contributed by atoms with Crippen molar-refractivity contribution in [2.45, 2.75) is 18.9 Å². The highest BCUT2D eigenvalue weighted by atomic mass is 16.6. The second kappa shape index (κ2) is 8.53. The molecule has 1 fully saturated rings. The van der Waals surface area contributed by atoms with Crippen molar-refractivity contribution in [3.63, 3.8) is 0 Å². The van der Waals surface area contributed by atoms with Gasteiger partial charge in [0.05, 0.1) is 18.6 Å². The van der Waals surface area contributed by atoms with Crippen LogP contribution >= 0.6 is 0 Å². The number of benzene rings is 2. The maximum absolute atomic E-state index is 12.7. The molecule has 0 aliphatic carbocycles. The zero-order valence-corrected chi connectivity index (χ0v) is 16.0. The first kappa shape index (κ1) is 19.3. The number of carbonyl (C=O) groups excluding carboxylic acids is 2. The molecule has 2 aromatic rings. The Morgan fingerprint density at radius 1 is 1.14 bits per heavy atom. The quantitative estimate of drug-likeness (QED) is 0.773. The van der Waals surface area contributed by atoms with E-state index in [1.165, 1.54) is 0 Å². The maximum atomic E-state index is 12.7. The van der Waals surface area contributed by atoms with Crippen LogP contribution in [0.25, 0.3) is 0 Å². The average Bonchev–Trinajstić information content (AvgIpc) is 3.15. The minimum atomic E-state index is -0.458. The SMILES string of the molecule is O=C(N[C@H](CO)Cc1ccccc1)[C@@H]1CC(=O)N(c2ccc3c(c2)OCCO3)C1. The van der Waals surface area contributed by atoms with E-state index in [0.29, 0.717) is 43.4 Å². The molecule has 0 saturated carbocycles. The summed E-state index contributed by atoms with van der Waals surface area (Å²) in [7, 11) is 0. The standard InChI is InChI=1S/C22H24N2O5/c25-14-17(10-15-4-2-1-3-5-15)23-22(27)16-11-21(26)24(13-16)18-6-7-19-20(12-18)29-9-8-28-19/h1-7,12,16-17,25H,8-11,13-14H2,(H,23,27)/t16-,17+/m1/s1. The molecule has 2 heterocycles. The molecule has 0 spiro atoms. The summed E-state index contributed by atoms with van der Waals surface area (Å²) in [5.41, 5.74) is 1.73. The summed E-state index contributed by atoms with van der Waals surface area (Å²) < 4.78 is 11.1. The minimum absolute atomic E-state index is 0.106. The van der Waals surface area contributed by atoms with Gasteiger partial charge in [-0.25, -0.2) is 0 Å². The maximum Gasteiger partial charge on any atom is 0.227 e. The molecule has 7 heteroatoms. The topological polar surface area (TPSA) is 88.1 Å². The van der Waals surface area contributed by atoms with Gasteiger partial charge in [-0.05, 0) is 24.1 Å². The molecule has 2 aromatic carbocycles. The number of fused-ring (bicyclic) bond motifs is 1. The van der Waals surface area contributed by atoms with Crippen molar-refractivity contribution in [3.8, 4) is 11.5 Å². The molecular formula is C22H24N2O5. The summed E-state index contributed by atoms with van der Waals surface area (Å²) in [6.45, 7) is 1.12. The van der Waals surface area contributed by atoms with E-state index < -0.39 is 5.92 Å². The Kier molecular flexibility index (Phi) is 5.67. The number of carbonyl (C=O) groups is 2. The van der Waals surface area contributed by atoms with Gasteiger partial charge in [0.2, 0.25) is 11.8 Å². The summed E-state index contributed by atoms with van der Waals surface area (Å²) in [6.07, 6.45) is 0.680. The fraction of sp³-hybridized carbons (Fsp3) is 0.364. The summed E-state index contributed by atoms with van der Waals surface area (Å²) in [4.78, 5) is 26.8. The Morgan fingerprint density at radius 2 is 1.90 bits per heavy atom. The van der Waals surface area contributed by atoms with Gasteiger partial charge >= 0.3 is 0 Å². The molecule has 0 aromatic heterocycles. The van der Waals surface area contributed by atoms with E-state index in [0.717, 1.165) is 5.56 Å². The van der Waals surface area contributed by atoms with Crippen molar-refractivity contribution in [1.82, 2.24) is 5.32 Å². The first-order valence-electron chi connectivity index (χ1n) is 9.79. The number of nitrogens with one attached hydrogen (secondary N) is 1. The summed E-state index contributed by atoms with van der Waals surface area (Å²) in [5.74, 6) is 0.490. The number of hydrogen-bond acceptors (Lipinski definition) is 5. The lowest BCUT2D eigenvalue weighted by Gasteiger charge is -2.22. The normalized spacial score (nSPS) is 19.1. The Hall–Kier alpha value is -3.06. The number of anilines is 1. The van der Waals surface area contributed by atoms with Crippen LogP contribution in [0.15, 0.2) is 48.5 Å². The zero-order valence-electron chi connectivity index (χ0n) is 16.0. The van der Waals surface area contributed by atoms with E-state index in [2.05, 4.69) is 5.32 Å². The van der Waals surface area contributed by atoms with Crippen LogP contribution in [0.2, 0.25) is 0 Å². The van der Waals surface area contributed by atoms with Gasteiger partial charge in [-0.15, -0.1) is 0 Å². The molecular weight excluding hydrogens is 372 g/mol. The predicted molar refractivity (Wildman–Crippen MR) is 107 cm³/mol. The van der Waals surface area contributed by atoms with E-state index in [9.17, 15) is 14.7 Å². The number of rotatable bonds is 6. The van der Waals surface area contributed by atoms with Crippen molar-refractivity contribution in [1.29, 1.82) is 0 Å². The summed E-state index contributed by atoms with van der Waals surface area (Å²) in [6, 6.07) is 14.7. The predicted octanol–water partition coefficient (Wildman–Crippen LogP) is 1.53. The second-order valence-corrected chi connectivity index (χ2v) is 7.31. The second-order valence-electron chi connectivity index (χ2n) is 7.31. The fourth-order valence-corrected chi connectivity index (χ4v) is 3.71. The fourth-order valence-electron chi connectivity index (χ4n) is 3.71. The van der Waals surface area contributed by atoms with E-state index in [1.807, 2.05) is 30.3 Å². The average molecular weight is 396 g/mol. The molecule has 0 bridgehead atoms. The Balaban J connectivity index is 1.40. The molecule has 4 rings (SSSR count). The van der Waals surface area contributed by atoms with Gasteiger partial charge in [-0.3, -0.25) is 9.59 Å². The van der Waals surface area contributed by atoms with Crippen LogP contribution < -0.4 is 19.7 Å². The first-order chi connectivity index (χ1) is 14.1. The smallest absolute Gasteiger partial charge is 0.227 e. The van der Waals surface area contributed by atoms with Gasteiger partial charge in [0, 0.05) is 24.7 Å². The molecule has 2 N–H and O–H groups in total. The Morgan fingerprint density at radius 3 is 2.66 bits per heavy atom. The van der Waals surface area contributed by atoms with Crippen LogP contribution in [0, 0.1) is 5.92 Å². The van der Waals surface area contributed by atoms with Crippen LogP contribution in [0.1, 0.15) is 12.0 Å². The molecule has 2 aliphatic heterocycles. The van der Waals surface area contributed by atoms with Gasteiger partial charge in [-0.1, -0.05) is 30.3 Å². The van der Waals surface area contributed by atoms with Crippen molar-refractivity contribution < 1.29 is 24.2 Å². The van der Waals surface area contributed by atoms with Crippen molar-refractivity contribution in [2.75, 3.05) is 31.3 Å². The number of aliphatic hydroxyl groups is 1. The number of aliphatic hydroxyl groups excluding tert-OH is 1. The molecule has 1 saturated heterocycles. The zero-order chi connectivity index (χ0) is 20.2. The Labute approximate surface area is 169 Å². The highest BCUT2D eigenvalue weighted by Crippen LogP contribution is 2.36. The van der Waals surface area contributed by atoms with Gasteiger partial charge in [0.15, 0.2) is 11.5 Å². The third-order valence-electron chi connectivity index (χ3n) is 5.22. The van der Waals surface area contributed by atoms with Crippen molar-refractivity contribution >= 4 is 17.5 Å². The molecule has 0 unspecified atom stereocenters. The van der Waals surface area contributed by atoms with Gasteiger partial charge in [0.1, 0.15) is 13.2 Å². The van der Waals surface area contributed by atoms with Crippen LogP contribution in [0.4, 0.5) is 5.69 Å². The number of nitrogens with zero attached hydrogens (tertiary/aromatic N) is 1. The van der Waals surface area contributed by atoms with Crippen LogP contribution in [0.3, 0.4) is 0 Å². The van der Waals surface area contributed by atoms with E-state index in [1.54, 1.807) is 23.1 Å². The Bertz CT molecular complexity index is 886. The largest absolute Gasteiger partial charge is 0.486 e. The van der Waals surface area contributed by atoms with Gasteiger partial charge < -0.3 is 24.8 Å². The number of amides is 2. The first-order valence-corrected chi connectivity index (χ1v) is 9.79. The van der Waals surface area contributed by atoms with Gasteiger partial charge in [-0.2, -0.15) is 0 Å². The molecule has 152 valence electrons. The highest BCUT2D eigenvalue weighted by molar-refractivity contribution is 6.00. The minimum Gasteiger partial charge on any atom is -0.486 e. The molecule has 29 heavy (non-hydrogen) atoms. The van der Waals surface area contributed by atoms with Crippen molar-refractivity contribution in [2.24, 2.45) is 5.92 Å². The van der Waals surface area contributed by atoms with Crippen LogP contribution in [-0.2, 0) is 16.0 Å². The van der Waals surface area contributed by atoms with Crippen molar-refractivity contribution in [3.05, 3.63) is 54.1 Å². The highest BCUT2D eigenvalue weighted by Gasteiger charge is 2.36. The molecule has 2 atom stereocenters. The lowest BCUT2D eigenvalue weighted by Crippen LogP contribution is -2.43. The van der Waals surface area contributed by atoms with Gasteiger partial charge in [0.25, 0.3) is 0 Å². The van der Waals surface area contributed by atoms with E-state index >= 15 is 0 Å². The third-order valence-corrected chi connectivity index (χ3v) is 5.22. The lowest BCUT2D eigenvalue weighted by molar-refractivity contribution is -0.127. The van der Waals surface area contributed by atoms with E-state index in [4.69, 9.17) is 9.47 Å². The monoisotopic (exact) mass is 396 g/mol. The van der Waals surface area contributed by atoms with Crippen LogP contribution in [-0.4, -0.2) is 49.3 Å². The van der Waals surface area contributed by atoms with Crippen LogP contribution in [0.5, 0.6) is 11.5 Å². The number of hydrogen-bond donors (Lipinski definition) is 2. The summed E-state index contributed by atoms with van der Waals surface area (Å²) >= 11 is 0. The molecule has 2 amide bonds. The lowest BCUT2D eigenvalue weighted by atomic mass is 10.0.